The van der Waals surface area contributed by atoms with Gasteiger partial charge in [0, 0.05) is 5.56 Å². The van der Waals surface area contributed by atoms with E-state index >= 15 is 0 Å². The minimum Gasteiger partial charge on any atom is -0.295 e. The van der Waals surface area contributed by atoms with Crippen LogP contribution in [0, 0.1) is 11.6 Å². The molecule has 0 aliphatic rings. The number of carbonyl (C=O) groups excluding carboxylic acids is 1. The van der Waals surface area contributed by atoms with E-state index in [0.717, 1.165) is 18.2 Å². The van der Waals surface area contributed by atoms with Crippen molar-refractivity contribution in [2.75, 3.05) is 0 Å². The van der Waals surface area contributed by atoms with Gasteiger partial charge in [0.2, 0.25) is 0 Å². The predicted octanol–water partition coefficient (Wildman–Crippen LogP) is 3.33. The lowest BCUT2D eigenvalue weighted by atomic mass is 10.1. The van der Waals surface area contributed by atoms with Crippen molar-refractivity contribution in [3.63, 3.8) is 0 Å². The van der Waals surface area contributed by atoms with Crippen LogP contribution in [0.2, 0.25) is 0 Å². The van der Waals surface area contributed by atoms with Crippen molar-refractivity contribution in [2.24, 2.45) is 0 Å². The van der Waals surface area contributed by atoms with Crippen LogP contribution in [-0.2, 0) is 4.79 Å². The van der Waals surface area contributed by atoms with Crippen LogP contribution in [0.4, 0.5) is 8.78 Å². The molecule has 74 valence electrons. The van der Waals surface area contributed by atoms with Crippen molar-refractivity contribution in [1.29, 1.82) is 0 Å². The van der Waals surface area contributed by atoms with Gasteiger partial charge >= 0.3 is 0 Å². The lowest BCUT2D eigenvalue weighted by Gasteiger charge is -2.00. The molecule has 0 saturated carbocycles. The molecule has 0 spiro atoms. The highest BCUT2D eigenvalue weighted by Gasteiger charge is 2.09. The van der Waals surface area contributed by atoms with Gasteiger partial charge in [-0.05, 0) is 47.1 Å². The van der Waals surface area contributed by atoms with Crippen LogP contribution in [0.1, 0.15) is 12.5 Å². The van der Waals surface area contributed by atoms with Crippen molar-refractivity contribution in [3.05, 3.63) is 39.9 Å². The molecule has 0 heterocycles. The first-order chi connectivity index (χ1) is 6.52. The number of hydrogen-bond donors (Lipinski definition) is 0. The Balaban J connectivity index is 3.19. The van der Waals surface area contributed by atoms with Crippen molar-refractivity contribution < 1.29 is 13.6 Å². The smallest absolute Gasteiger partial charge is 0.152 e. The third-order valence-electron chi connectivity index (χ3n) is 1.56. The van der Waals surface area contributed by atoms with Crippen LogP contribution in [0.3, 0.4) is 0 Å². The fourth-order valence-corrected chi connectivity index (χ4v) is 1.24. The summed E-state index contributed by atoms with van der Waals surface area (Å²) in [6.45, 7) is 1.31. The average molecular weight is 261 g/mol. The van der Waals surface area contributed by atoms with Gasteiger partial charge in [-0.3, -0.25) is 4.79 Å². The molecule has 14 heavy (non-hydrogen) atoms. The lowest BCUT2D eigenvalue weighted by molar-refractivity contribution is -0.112. The molecule has 0 fully saturated rings. The van der Waals surface area contributed by atoms with Crippen LogP contribution >= 0.6 is 15.9 Å². The minimum atomic E-state index is -0.706. The highest BCUT2D eigenvalue weighted by molar-refractivity contribution is 9.10. The Hall–Kier alpha value is -1.03. The monoisotopic (exact) mass is 260 g/mol. The van der Waals surface area contributed by atoms with Gasteiger partial charge in [-0.25, -0.2) is 8.78 Å². The molecule has 0 bridgehead atoms. The van der Waals surface area contributed by atoms with Crippen molar-refractivity contribution in [1.82, 2.24) is 0 Å². The Morgan fingerprint density at radius 2 is 2.07 bits per heavy atom. The number of carbonyl (C=O) groups is 1. The van der Waals surface area contributed by atoms with Crippen LogP contribution in [0.15, 0.2) is 22.7 Å². The molecular weight excluding hydrogens is 254 g/mol. The molecule has 0 aliphatic carbocycles. The van der Waals surface area contributed by atoms with Crippen LogP contribution in [-0.4, -0.2) is 5.78 Å². The maximum atomic E-state index is 13.3. The van der Waals surface area contributed by atoms with Gasteiger partial charge in [0.05, 0.1) is 4.47 Å². The molecule has 1 rings (SSSR count). The molecule has 0 atom stereocenters. The van der Waals surface area contributed by atoms with Crippen LogP contribution in [0.5, 0.6) is 0 Å². The number of benzene rings is 1. The molecule has 0 N–H and O–H groups in total. The number of hydrogen-bond acceptors (Lipinski definition) is 1. The van der Waals surface area contributed by atoms with Crippen molar-refractivity contribution in [2.45, 2.75) is 6.92 Å². The molecule has 0 amide bonds. The molecular formula is C10H7BrF2O. The second kappa shape index (κ2) is 4.46. The Labute approximate surface area is 88.6 Å². The largest absolute Gasteiger partial charge is 0.295 e. The van der Waals surface area contributed by atoms with Gasteiger partial charge in [-0.1, -0.05) is 0 Å². The van der Waals surface area contributed by atoms with E-state index in [1.54, 1.807) is 0 Å². The normalized spacial score (nSPS) is 10.9. The molecule has 4 heteroatoms. The summed E-state index contributed by atoms with van der Waals surface area (Å²) in [5.41, 5.74) is -0.213. The molecule has 1 nitrogen and oxygen atoms in total. The molecule has 0 aliphatic heterocycles. The maximum absolute atomic E-state index is 13.3. The van der Waals surface area contributed by atoms with E-state index in [-0.39, 0.29) is 15.8 Å². The predicted molar refractivity (Wildman–Crippen MR) is 53.8 cm³/mol. The fraction of sp³-hybridized carbons (Fsp3) is 0.100. The van der Waals surface area contributed by atoms with Gasteiger partial charge in [0.1, 0.15) is 11.6 Å². The second-order valence-electron chi connectivity index (χ2n) is 2.70. The van der Waals surface area contributed by atoms with Gasteiger partial charge in [-0.15, -0.1) is 0 Å². The third kappa shape index (κ3) is 2.48. The van der Waals surface area contributed by atoms with E-state index < -0.39 is 11.6 Å². The summed E-state index contributed by atoms with van der Waals surface area (Å²) in [6.07, 6.45) is 2.24. The highest BCUT2D eigenvalue weighted by atomic mass is 79.9. The fourth-order valence-electron chi connectivity index (χ4n) is 0.896. The number of allylic oxidation sites excluding steroid dienone is 1. The summed E-state index contributed by atoms with van der Waals surface area (Å²) in [4.78, 5) is 10.6. The number of rotatable bonds is 2. The lowest BCUT2D eigenvalue weighted by Crippen LogP contribution is -1.90. The zero-order chi connectivity index (χ0) is 10.7. The topological polar surface area (TPSA) is 17.1 Å². The summed E-state index contributed by atoms with van der Waals surface area (Å²) in [5.74, 6) is -1.66. The zero-order valence-electron chi connectivity index (χ0n) is 7.35. The molecule has 0 unspecified atom stereocenters. The quantitative estimate of drug-likeness (QED) is 0.589. The molecule has 0 aromatic heterocycles. The molecule has 1 aromatic carbocycles. The molecule has 0 saturated heterocycles. The average Bonchev–Trinajstić information content (AvgIpc) is 2.11. The SMILES string of the molecule is CC(=O)/C=C/c1c(F)ccc(Br)c1F. The first kappa shape index (κ1) is 11.0. The van der Waals surface area contributed by atoms with Gasteiger partial charge < -0.3 is 0 Å². The highest BCUT2D eigenvalue weighted by Crippen LogP contribution is 2.22. The molecule has 0 radical (unpaired) electrons. The Bertz CT molecular complexity index is 399. The van der Waals surface area contributed by atoms with Gasteiger partial charge in [0.25, 0.3) is 0 Å². The van der Waals surface area contributed by atoms with E-state index in [9.17, 15) is 13.6 Å². The second-order valence-corrected chi connectivity index (χ2v) is 3.56. The van der Waals surface area contributed by atoms with Crippen molar-refractivity contribution in [3.8, 4) is 0 Å². The van der Waals surface area contributed by atoms with E-state index in [0.29, 0.717) is 0 Å². The summed E-state index contributed by atoms with van der Waals surface area (Å²) in [7, 11) is 0. The summed E-state index contributed by atoms with van der Waals surface area (Å²) >= 11 is 2.93. The first-order valence-corrected chi connectivity index (χ1v) is 4.64. The first-order valence-electron chi connectivity index (χ1n) is 3.84. The Morgan fingerprint density at radius 3 is 2.64 bits per heavy atom. The summed E-state index contributed by atoms with van der Waals surface area (Å²) in [5, 5.41) is 0. The van der Waals surface area contributed by atoms with Crippen LogP contribution < -0.4 is 0 Å². The zero-order valence-corrected chi connectivity index (χ0v) is 8.94. The summed E-state index contributed by atoms with van der Waals surface area (Å²) < 4.78 is 26.5. The molecule has 1 aromatic rings. The Kier molecular flexibility index (Phi) is 3.52. The minimum absolute atomic E-state index is 0.169. The Morgan fingerprint density at radius 1 is 1.43 bits per heavy atom. The van der Waals surface area contributed by atoms with E-state index in [4.69, 9.17) is 0 Å². The summed E-state index contributed by atoms with van der Waals surface area (Å²) in [6, 6.07) is 2.41. The van der Waals surface area contributed by atoms with Crippen LogP contribution in [0.25, 0.3) is 6.08 Å². The maximum Gasteiger partial charge on any atom is 0.152 e. The van der Waals surface area contributed by atoms with E-state index in [1.165, 1.54) is 13.0 Å². The van der Waals surface area contributed by atoms with Gasteiger partial charge in [-0.2, -0.15) is 0 Å². The number of halogens is 3. The van der Waals surface area contributed by atoms with E-state index in [1.807, 2.05) is 0 Å². The number of ketones is 1. The third-order valence-corrected chi connectivity index (χ3v) is 2.18. The van der Waals surface area contributed by atoms with E-state index in [2.05, 4.69) is 15.9 Å². The van der Waals surface area contributed by atoms with Crippen molar-refractivity contribution >= 4 is 27.8 Å². The standard InChI is InChI=1S/C10H7BrF2O/c1-6(14)2-3-7-9(12)5-4-8(11)10(7)13/h2-5H,1H3/b3-2+. The van der Waals surface area contributed by atoms with Gasteiger partial charge in [0.15, 0.2) is 5.78 Å².